The summed E-state index contributed by atoms with van der Waals surface area (Å²) < 4.78 is 0. The molecule has 3 aliphatic rings. The normalized spacial score (nSPS) is 21.8. The molecule has 4 nitrogen and oxygen atoms in total. The van der Waals surface area contributed by atoms with Gasteiger partial charge in [-0.05, 0) is 41.7 Å². The van der Waals surface area contributed by atoms with Crippen molar-refractivity contribution in [3.05, 3.63) is 88.3 Å². The first-order chi connectivity index (χ1) is 16.6. The summed E-state index contributed by atoms with van der Waals surface area (Å²) in [5.74, 6) is -0.164. The molecule has 2 aromatic carbocycles. The first-order valence-electron chi connectivity index (χ1n) is 12.7. The Morgan fingerprint density at radius 3 is 1.83 bits per heavy atom. The summed E-state index contributed by atoms with van der Waals surface area (Å²) in [7, 11) is 0. The van der Waals surface area contributed by atoms with Crippen LogP contribution in [0, 0.1) is 10.8 Å². The number of carbonyl (C=O) groups excluding carboxylic acids is 2. The molecule has 2 aliphatic carbocycles. The number of rotatable bonds is 4. The van der Waals surface area contributed by atoms with Crippen LogP contribution in [0.15, 0.2) is 77.1 Å². The Morgan fingerprint density at radius 2 is 1.29 bits per heavy atom. The summed E-state index contributed by atoms with van der Waals surface area (Å²) in [5.41, 5.74) is 5.10. The van der Waals surface area contributed by atoms with Crippen molar-refractivity contribution in [2.45, 2.75) is 65.7 Å². The van der Waals surface area contributed by atoms with Crippen LogP contribution in [0.25, 0.3) is 0 Å². The van der Waals surface area contributed by atoms with Gasteiger partial charge in [0.15, 0.2) is 11.6 Å². The van der Waals surface area contributed by atoms with Crippen LogP contribution in [0.4, 0.5) is 0 Å². The third kappa shape index (κ3) is 4.35. The number of aromatic hydroxyl groups is 1. The highest BCUT2D eigenvalue weighted by Gasteiger charge is 2.49. The second-order valence-electron chi connectivity index (χ2n) is 12.0. The maximum absolute atomic E-state index is 13.8. The van der Waals surface area contributed by atoms with E-state index < -0.39 is 5.92 Å². The Hall–Kier alpha value is -3.14. The Morgan fingerprint density at radius 1 is 0.771 bits per heavy atom. The van der Waals surface area contributed by atoms with Crippen molar-refractivity contribution >= 4 is 11.6 Å². The van der Waals surface area contributed by atoms with Gasteiger partial charge >= 0.3 is 0 Å². The molecule has 1 heterocycles. The fraction of sp³-hybridized carbons (Fsp3) is 0.419. The topological polar surface area (TPSA) is 57.6 Å². The van der Waals surface area contributed by atoms with E-state index in [1.807, 2.05) is 18.2 Å². The van der Waals surface area contributed by atoms with Crippen molar-refractivity contribution in [3.63, 3.8) is 0 Å². The molecular formula is C31H35NO3. The van der Waals surface area contributed by atoms with Crippen molar-refractivity contribution in [1.29, 1.82) is 0 Å². The molecule has 0 saturated carbocycles. The van der Waals surface area contributed by atoms with Gasteiger partial charge in [0, 0.05) is 53.4 Å². The van der Waals surface area contributed by atoms with Gasteiger partial charge in [-0.25, -0.2) is 0 Å². The van der Waals surface area contributed by atoms with E-state index in [0.717, 1.165) is 37.2 Å². The number of carbonyl (C=O) groups is 2. The highest BCUT2D eigenvalue weighted by Crippen LogP contribution is 2.55. The lowest BCUT2D eigenvalue weighted by molar-refractivity contribution is -0.119. The number of phenolic OH excluding ortho intramolecular Hbond substituents is 1. The molecule has 5 rings (SSSR count). The Bertz CT molecular complexity index is 1190. The van der Waals surface area contributed by atoms with E-state index in [9.17, 15) is 14.7 Å². The largest absolute Gasteiger partial charge is 0.508 e. The van der Waals surface area contributed by atoms with Crippen molar-refractivity contribution in [2.24, 2.45) is 10.8 Å². The first kappa shape index (κ1) is 23.6. The van der Waals surface area contributed by atoms with E-state index >= 15 is 0 Å². The van der Waals surface area contributed by atoms with Crippen LogP contribution >= 0.6 is 0 Å². The van der Waals surface area contributed by atoms with Gasteiger partial charge in [0.2, 0.25) is 0 Å². The molecule has 0 bridgehead atoms. The van der Waals surface area contributed by atoms with Gasteiger partial charge in [0.25, 0.3) is 0 Å². The Balaban J connectivity index is 1.71. The average Bonchev–Trinajstić information content (AvgIpc) is 2.77. The highest BCUT2D eigenvalue weighted by molar-refractivity contribution is 6.07. The Labute approximate surface area is 208 Å². The zero-order chi connectivity index (χ0) is 25.0. The summed E-state index contributed by atoms with van der Waals surface area (Å²) in [6.45, 7) is 9.33. The number of para-hydroxylation sites is 1. The summed E-state index contributed by atoms with van der Waals surface area (Å²) in [4.78, 5) is 29.8. The van der Waals surface area contributed by atoms with Crippen molar-refractivity contribution in [2.75, 3.05) is 6.54 Å². The Kier molecular flexibility index (Phi) is 5.74. The number of nitrogens with zero attached hydrogens (tertiary/aromatic N) is 1. The third-order valence-electron chi connectivity index (χ3n) is 7.74. The van der Waals surface area contributed by atoms with Crippen LogP contribution in [0.5, 0.6) is 5.75 Å². The molecule has 0 unspecified atom stereocenters. The molecule has 0 saturated heterocycles. The minimum atomic E-state index is -0.499. The molecular weight excluding hydrogens is 434 g/mol. The lowest BCUT2D eigenvalue weighted by Crippen LogP contribution is -2.45. The van der Waals surface area contributed by atoms with Crippen LogP contribution in [-0.2, 0) is 16.0 Å². The fourth-order valence-electron chi connectivity index (χ4n) is 6.25. The van der Waals surface area contributed by atoms with Crippen LogP contribution in [0.1, 0.15) is 70.4 Å². The van der Waals surface area contributed by atoms with Crippen LogP contribution in [-0.4, -0.2) is 28.1 Å². The predicted octanol–water partition coefficient (Wildman–Crippen LogP) is 6.32. The standard InChI is InChI=1S/C31H35NO3/c1-30(2)16-22-28(25(34)18-30)27(21-12-8-9-13-24(21)33)29-23(17-31(3,4)19-26(29)35)32(22)15-14-20-10-6-5-7-11-20/h5-13,27,33H,14-19H2,1-4H3. The van der Waals surface area contributed by atoms with E-state index in [1.165, 1.54) is 5.56 Å². The molecule has 1 N–H and O–H groups in total. The summed E-state index contributed by atoms with van der Waals surface area (Å²) >= 11 is 0. The van der Waals surface area contributed by atoms with E-state index in [-0.39, 0.29) is 28.1 Å². The van der Waals surface area contributed by atoms with Crippen LogP contribution in [0.3, 0.4) is 0 Å². The summed E-state index contributed by atoms with van der Waals surface area (Å²) in [6, 6.07) is 17.6. The van der Waals surface area contributed by atoms with Gasteiger partial charge in [-0.1, -0.05) is 76.2 Å². The zero-order valence-corrected chi connectivity index (χ0v) is 21.2. The minimum Gasteiger partial charge on any atom is -0.508 e. The third-order valence-corrected chi connectivity index (χ3v) is 7.74. The molecule has 0 amide bonds. The number of ketones is 2. The average molecular weight is 470 g/mol. The maximum atomic E-state index is 13.8. The lowest BCUT2D eigenvalue weighted by Gasteiger charge is -2.49. The lowest BCUT2D eigenvalue weighted by atomic mass is 9.63. The predicted molar refractivity (Wildman–Crippen MR) is 138 cm³/mol. The van der Waals surface area contributed by atoms with E-state index in [1.54, 1.807) is 12.1 Å². The quantitative estimate of drug-likeness (QED) is 0.569. The summed E-state index contributed by atoms with van der Waals surface area (Å²) in [5, 5.41) is 10.9. The van der Waals surface area contributed by atoms with Gasteiger partial charge in [0.1, 0.15) is 5.75 Å². The monoisotopic (exact) mass is 469 g/mol. The smallest absolute Gasteiger partial charge is 0.162 e. The molecule has 0 radical (unpaired) electrons. The van der Waals surface area contributed by atoms with Crippen molar-refractivity contribution < 1.29 is 14.7 Å². The van der Waals surface area contributed by atoms with Gasteiger partial charge in [0.05, 0.1) is 0 Å². The number of hydrogen-bond acceptors (Lipinski definition) is 4. The summed E-state index contributed by atoms with van der Waals surface area (Å²) in [6.07, 6.45) is 3.28. The molecule has 1 aliphatic heterocycles. The van der Waals surface area contributed by atoms with Crippen LogP contribution < -0.4 is 0 Å². The molecule has 2 aromatic rings. The zero-order valence-electron chi connectivity index (χ0n) is 21.2. The highest BCUT2D eigenvalue weighted by atomic mass is 16.3. The SMILES string of the molecule is CC1(C)CC(=O)C2=C(C1)N(CCc1ccccc1)C1=C(C(=O)CC(C)(C)C1)C2c1ccccc1O. The molecule has 0 aromatic heterocycles. The maximum Gasteiger partial charge on any atom is 0.162 e. The molecule has 0 atom stereocenters. The number of Topliss-reactive ketones (excluding diaryl/α,β-unsaturated/α-hetero) is 2. The number of phenols is 1. The van der Waals surface area contributed by atoms with Gasteiger partial charge in [-0.15, -0.1) is 0 Å². The minimum absolute atomic E-state index is 0.0957. The first-order valence-corrected chi connectivity index (χ1v) is 12.7. The van der Waals surface area contributed by atoms with Crippen molar-refractivity contribution in [3.8, 4) is 5.75 Å². The van der Waals surface area contributed by atoms with Gasteiger partial charge in [-0.3, -0.25) is 9.59 Å². The fourth-order valence-corrected chi connectivity index (χ4v) is 6.25. The van der Waals surface area contributed by atoms with Gasteiger partial charge < -0.3 is 10.0 Å². The second kappa shape index (κ2) is 8.51. The van der Waals surface area contributed by atoms with Gasteiger partial charge in [-0.2, -0.15) is 0 Å². The molecule has 35 heavy (non-hydrogen) atoms. The van der Waals surface area contributed by atoms with E-state index in [0.29, 0.717) is 29.6 Å². The molecule has 182 valence electrons. The van der Waals surface area contributed by atoms with E-state index in [2.05, 4.69) is 56.9 Å². The molecule has 0 fully saturated rings. The molecule has 4 heteroatoms. The number of benzene rings is 2. The second-order valence-corrected chi connectivity index (χ2v) is 12.0. The van der Waals surface area contributed by atoms with Crippen LogP contribution in [0.2, 0.25) is 0 Å². The number of allylic oxidation sites excluding steroid dienone is 4. The number of hydrogen-bond donors (Lipinski definition) is 1. The molecule has 0 spiro atoms. The van der Waals surface area contributed by atoms with Crippen molar-refractivity contribution in [1.82, 2.24) is 4.90 Å². The van der Waals surface area contributed by atoms with E-state index in [4.69, 9.17) is 0 Å².